The molecule has 9 atom stereocenters. The first-order valence-electron chi connectivity index (χ1n) is 19.0. The molecular weight excluding hydrogens is 614 g/mol. The second kappa shape index (κ2) is 12.3. The molecule has 3 N–H and O–H groups in total. The quantitative estimate of drug-likeness (QED) is 0.239. The van der Waals surface area contributed by atoms with E-state index in [1.54, 1.807) is 31.9 Å². The summed E-state index contributed by atoms with van der Waals surface area (Å²) in [5.74, 6) is 1.32. The SMILES string of the molecule is COc1ccc(CC(NC(=O)C[C@]23CCC(C)(C)C[C@H]2C2=CC[C@@H]4[C@@]5(C)CC[C@H](O)C(C)(C)[C@@H]5CC[C@@]4(C)[C@]2(C)CC3)C(=O)O)cc1OC. The molecule has 7 heteroatoms. The van der Waals surface area contributed by atoms with Crippen LogP contribution < -0.4 is 14.8 Å². The van der Waals surface area contributed by atoms with Crippen molar-refractivity contribution in [3.63, 3.8) is 0 Å². The molecular formula is C42H63NO6. The topological polar surface area (TPSA) is 105 Å². The van der Waals surface area contributed by atoms with Crippen LogP contribution in [0.5, 0.6) is 11.5 Å². The highest BCUT2D eigenvalue weighted by Gasteiger charge is 2.68. The van der Waals surface area contributed by atoms with Crippen molar-refractivity contribution in [2.75, 3.05) is 14.2 Å². The van der Waals surface area contributed by atoms with Crippen molar-refractivity contribution in [2.45, 2.75) is 138 Å². The summed E-state index contributed by atoms with van der Waals surface area (Å²) in [5, 5.41) is 24.2. The first-order valence-corrected chi connectivity index (χ1v) is 19.0. The van der Waals surface area contributed by atoms with Crippen LogP contribution in [-0.2, 0) is 16.0 Å². The maximum atomic E-state index is 14.0. The summed E-state index contributed by atoms with van der Waals surface area (Å²) < 4.78 is 10.8. The van der Waals surface area contributed by atoms with E-state index in [1.807, 2.05) is 6.07 Å². The van der Waals surface area contributed by atoms with E-state index >= 15 is 0 Å². The van der Waals surface area contributed by atoms with E-state index in [0.717, 1.165) is 63.4 Å². The molecule has 1 amide bonds. The van der Waals surface area contributed by atoms with Crippen LogP contribution in [0.2, 0.25) is 0 Å². The first kappa shape index (κ1) is 36.3. The van der Waals surface area contributed by atoms with Gasteiger partial charge in [0.2, 0.25) is 5.91 Å². The number of methoxy groups -OCH3 is 2. The lowest BCUT2D eigenvalue weighted by Crippen LogP contribution is -2.64. The average Bonchev–Trinajstić information content (AvgIpc) is 3.03. The third-order valence-corrected chi connectivity index (χ3v) is 15.8. The zero-order valence-electron chi connectivity index (χ0n) is 31.7. The molecule has 6 rings (SSSR count). The molecule has 0 bridgehead atoms. The zero-order valence-corrected chi connectivity index (χ0v) is 31.7. The van der Waals surface area contributed by atoms with Crippen molar-refractivity contribution in [1.29, 1.82) is 0 Å². The molecule has 1 unspecified atom stereocenters. The van der Waals surface area contributed by atoms with E-state index in [4.69, 9.17) is 9.47 Å². The third-order valence-electron chi connectivity index (χ3n) is 15.8. The van der Waals surface area contributed by atoms with Gasteiger partial charge in [-0.25, -0.2) is 4.79 Å². The third kappa shape index (κ3) is 5.73. The normalized spacial score (nSPS) is 39.5. The number of hydrogen-bond donors (Lipinski definition) is 3. The molecule has 0 aromatic heterocycles. The summed E-state index contributed by atoms with van der Waals surface area (Å²) in [5.41, 5.74) is 2.71. The summed E-state index contributed by atoms with van der Waals surface area (Å²) in [6.45, 7) is 17.1. The minimum atomic E-state index is -1.03. The van der Waals surface area contributed by atoms with Crippen molar-refractivity contribution in [3.05, 3.63) is 35.4 Å². The van der Waals surface area contributed by atoms with Crippen LogP contribution >= 0.6 is 0 Å². The minimum Gasteiger partial charge on any atom is -0.493 e. The van der Waals surface area contributed by atoms with Gasteiger partial charge in [0.25, 0.3) is 0 Å². The Balaban J connectivity index is 1.28. The van der Waals surface area contributed by atoms with Gasteiger partial charge in [0.1, 0.15) is 6.04 Å². The van der Waals surface area contributed by atoms with Crippen molar-refractivity contribution >= 4 is 11.9 Å². The fourth-order valence-corrected chi connectivity index (χ4v) is 12.7. The van der Waals surface area contributed by atoms with Crippen molar-refractivity contribution in [2.24, 2.45) is 50.2 Å². The lowest BCUT2D eigenvalue weighted by molar-refractivity contribution is -0.203. The zero-order chi connectivity index (χ0) is 35.8. The van der Waals surface area contributed by atoms with Crippen molar-refractivity contribution in [3.8, 4) is 11.5 Å². The number of rotatable bonds is 8. The lowest BCUT2D eigenvalue weighted by atomic mass is 9.33. The molecule has 5 aliphatic rings. The molecule has 272 valence electrons. The summed E-state index contributed by atoms with van der Waals surface area (Å²) in [4.78, 5) is 26.5. The molecule has 0 radical (unpaired) electrons. The summed E-state index contributed by atoms with van der Waals surface area (Å²) in [6, 6.07) is 4.36. The van der Waals surface area contributed by atoms with Gasteiger partial charge in [-0.3, -0.25) is 4.79 Å². The Morgan fingerprint density at radius 2 is 1.59 bits per heavy atom. The number of carbonyl (C=O) groups is 2. The highest BCUT2D eigenvalue weighted by Crippen LogP contribution is 2.76. The van der Waals surface area contributed by atoms with Crippen LogP contribution in [0, 0.1) is 50.2 Å². The van der Waals surface area contributed by atoms with Gasteiger partial charge in [-0.1, -0.05) is 66.2 Å². The Bertz CT molecular complexity index is 1500. The predicted molar refractivity (Wildman–Crippen MR) is 192 cm³/mol. The summed E-state index contributed by atoms with van der Waals surface area (Å²) >= 11 is 0. The van der Waals surface area contributed by atoms with E-state index in [1.165, 1.54) is 6.42 Å². The van der Waals surface area contributed by atoms with Crippen molar-refractivity contribution < 1.29 is 29.3 Å². The van der Waals surface area contributed by atoms with Crippen LogP contribution in [0.1, 0.15) is 125 Å². The number of carboxylic acids is 1. The number of carbonyl (C=O) groups excluding carboxylic acids is 1. The smallest absolute Gasteiger partial charge is 0.326 e. The van der Waals surface area contributed by atoms with Gasteiger partial charge in [0, 0.05) is 12.8 Å². The Hall–Kier alpha value is -2.54. The van der Waals surface area contributed by atoms with Gasteiger partial charge in [0.05, 0.1) is 20.3 Å². The van der Waals surface area contributed by atoms with Crippen LogP contribution in [-0.4, -0.2) is 48.5 Å². The number of aliphatic hydroxyl groups is 1. The number of hydrogen-bond acceptors (Lipinski definition) is 5. The molecule has 0 saturated heterocycles. The van der Waals surface area contributed by atoms with E-state index in [9.17, 15) is 19.8 Å². The Labute approximate surface area is 295 Å². The Morgan fingerprint density at radius 3 is 2.27 bits per heavy atom. The molecule has 7 nitrogen and oxygen atoms in total. The molecule has 4 saturated carbocycles. The van der Waals surface area contributed by atoms with E-state index in [0.29, 0.717) is 35.7 Å². The molecule has 4 fully saturated rings. The number of carboxylic acid groups (broad SMARTS) is 1. The molecule has 0 spiro atoms. The maximum Gasteiger partial charge on any atom is 0.326 e. The van der Waals surface area contributed by atoms with Gasteiger partial charge < -0.3 is 25.0 Å². The van der Waals surface area contributed by atoms with Crippen molar-refractivity contribution in [1.82, 2.24) is 5.32 Å². The molecule has 1 aromatic carbocycles. The maximum absolute atomic E-state index is 14.0. The van der Waals surface area contributed by atoms with Gasteiger partial charge in [-0.05, 0) is 132 Å². The van der Waals surface area contributed by atoms with Gasteiger partial charge >= 0.3 is 5.97 Å². The molecule has 5 aliphatic carbocycles. The summed E-state index contributed by atoms with van der Waals surface area (Å²) in [6.07, 6.45) is 13.5. The average molecular weight is 678 g/mol. The van der Waals surface area contributed by atoms with Crippen LogP contribution in [0.4, 0.5) is 0 Å². The largest absolute Gasteiger partial charge is 0.493 e. The Kier molecular flexibility index (Phi) is 9.10. The number of allylic oxidation sites excluding steroid dienone is 2. The monoisotopic (exact) mass is 677 g/mol. The number of amides is 1. The minimum absolute atomic E-state index is 0.0547. The highest BCUT2D eigenvalue weighted by molar-refractivity contribution is 5.84. The standard InChI is InChI=1S/C42H63NO6/c1-37(2)18-20-42(25-35(45)43-29(36(46)47)22-26-10-12-30(48-8)31(23-26)49-9)21-19-40(6)27(28(42)24-37)11-13-33-39(5)16-15-34(44)38(3,4)32(39)14-17-41(33,40)7/h10-12,23,28-29,32-34,44H,13-22,24-25H2,1-9H3,(H,43,45)(H,46,47)/t28-,29?,32-,33+,34-,39-,40+,41+,42+/m0/s1. The van der Waals surface area contributed by atoms with Crippen LogP contribution in [0.25, 0.3) is 0 Å². The predicted octanol–water partition coefficient (Wildman–Crippen LogP) is 8.37. The lowest BCUT2D eigenvalue weighted by Gasteiger charge is -2.71. The van der Waals surface area contributed by atoms with Gasteiger partial charge in [0.15, 0.2) is 11.5 Å². The Morgan fingerprint density at radius 1 is 0.898 bits per heavy atom. The van der Waals surface area contributed by atoms with Crippen LogP contribution in [0.15, 0.2) is 29.8 Å². The number of benzene rings is 1. The van der Waals surface area contributed by atoms with E-state index in [2.05, 4.69) is 59.9 Å². The fraction of sp³-hybridized carbons (Fsp3) is 0.762. The second-order valence-electron chi connectivity index (χ2n) is 19.0. The van der Waals surface area contributed by atoms with Crippen LogP contribution in [0.3, 0.4) is 0 Å². The number of aliphatic carboxylic acids is 1. The number of aliphatic hydroxyl groups excluding tert-OH is 1. The fourth-order valence-electron chi connectivity index (χ4n) is 12.7. The van der Waals surface area contributed by atoms with E-state index < -0.39 is 12.0 Å². The molecule has 0 aliphatic heterocycles. The van der Waals surface area contributed by atoms with E-state index in [-0.39, 0.29) is 50.9 Å². The first-order chi connectivity index (χ1) is 22.9. The van der Waals surface area contributed by atoms with Gasteiger partial charge in [-0.2, -0.15) is 0 Å². The second-order valence-corrected chi connectivity index (χ2v) is 19.0. The molecule has 1 aromatic rings. The highest BCUT2D eigenvalue weighted by atomic mass is 16.5. The molecule has 49 heavy (non-hydrogen) atoms. The molecule has 0 heterocycles. The number of fused-ring (bicyclic) bond motifs is 7. The number of ether oxygens (including phenoxy) is 2. The number of nitrogens with one attached hydrogen (secondary N) is 1. The van der Waals surface area contributed by atoms with Gasteiger partial charge in [-0.15, -0.1) is 0 Å². The summed E-state index contributed by atoms with van der Waals surface area (Å²) in [7, 11) is 3.13.